The van der Waals surface area contributed by atoms with Gasteiger partial charge in [-0.3, -0.25) is 0 Å². The molecule has 3 heteroatoms. The van der Waals surface area contributed by atoms with Crippen molar-refractivity contribution in [2.45, 2.75) is 31.9 Å². The van der Waals surface area contributed by atoms with Crippen LogP contribution in [0.15, 0.2) is 24.3 Å². The van der Waals surface area contributed by atoms with Crippen LogP contribution in [0.2, 0.25) is 0 Å². The van der Waals surface area contributed by atoms with Crippen LogP contribution in [0.3, 0.4) is 0 Å². The van der Waals surface area contributed by atoms with Crippen molar-refractivity contribution in [1.29, 1.82) is 0 Å². The summed E-state index contributed by atoms with van der Waals surface area (Å²) in [5.74, 6) is 1.75. The van der Waals surface area contributed by atoms with Gasteiger partial charge in [0.05, 0.1) is 0 Å². The van der Waals surface area contributed by atoms with Gasteiger partial charge in [0.25, 0.3) is 0 Å². The molecule has 0 aromatic heterocycles. The highest BCUT2D eigenvalue weighted by Gasteiger charge is 2.22. The van der Waals surface area contributed by atoms with Crippen molar-refractivity contribution in [3.05, 3.63) is 29.8 Å². The molecule has 1 aliphatic rings. The number of alkyl halides is 1. The van der Waals surface area contributed by atoms with Crippen molar-refractivity contribution in [3.8, 4) is 5.75 Å². The Morgan fingerprint density at radius 2 is 2.31 bits per heavy atom. The second-order valence-corrected chi connectivity index (χ2v) is 4.72. The van der Waals surface area contributed by atoms with E-state index in [2.05, 4.69) is 24.4 Å². The third kappa shape index (κ3) is 2.89. The third-order valence-electron chi connectivity index (χ3n) is 2.95. The number of rotatable bonds is 5. The Balaban J connectivity index is 1.79. The van der Waals surface area contributed by atoms with Crippen molar-refractivity contribution in [1.82, 2.24) is 5.32 Å². The largest absolute Gasteiger partial charge is 0.488 e. The standard InChI is InChI=1S/C13H18ClNO/c1-10(6-7-14)15-9-12-8-11-4-2-3-5-13(11)16-12/h2-5,10,12,15H,6-9H2,1H3. The summed E-state index contributed by atoms with van der Waals surface area (Å²) in [4.78, 5) is 0. The topological polar surface area (TPSA) is 21.3 Å². The molecule has 0 saturated carbocycles. The lowest BCUT2D eigenvalue weighted by molar-refractivity contribution is 0.222. The Bertz CT molecular complexity index is 317. The van der Waals surface area contributed by atoms with Gasteiger partial charge < -0.3 is 10.1 Å². The van der Waals surface area contributed by atoms with Crippen LogP contribution in [0.5, 0.6) is 5.75 Å². The zero-order valence-corrected chi connectivity index (χ0v) is 10.3. The molecule has 1 aliphatic heterocycles. The highest BCUT2D eigenvalue weighted by Crippen LogP contribution is 2.27. The fraction of sp³-hybridized carbons (Fsp3) is 0.538. The van der Waals surface area contributed by atoms with Crippen LogP contribution < -0.4 is 10.1 Å². The normalized spacial score (nSPS) is 20.2. The third-order valence-corrected chi connectivity index (χ3v) is 3.17. The van der Waals surface area contributed by atoms with Gasteiger partial charge in [-0.05, 0) is 25.0 Å². The van der Waals surface area contributed by atoms with Crippen LogP contribution in [-0.2, 0) is 6.42 Å². The Morgan fingerprint density at radius 1 is 1.50 bits per heavy atom. The van der Waals surface area contributed by atoms with E-state index >= 15 is 0 Å². The lowest BCUT2D eigenvalue weighted by Crippen LogP contribution is -2.36. The number of benzene rings is 1. The van der Waals surface area contributed by atoms with Gasteiger partial charge in [-0.25, -0.2) is 0 Å². The molecule has 1 aromatic carbocycles. The van der Waals surface area contributed by atoms with Crippen molar-refractivity contribution in [2.75, 3.05) is 12.4 Å². The summed E-state index contributed by atoms with van der Waals surface area (Å²) < 4.78 is 5.84. The van der Waals surface area contributed by atoms with Crippen molar-refractivity contribution in [3.63, 3.8) is 0 Å². The molecule has 0 fully saturated rings. The Hall–Kier alpha value is -0.730. The van der Waals surface area contributed by atoms with Crippen LogP contribution in [0, 0.1) is 0 Å². The van der Waals surface area contributed by atoms with Crippen molar-refractivity contribution >= 4 is 11.6 Å². The van der Waals surface area contributed by atoms with E-state index in [0.29, 0.717) is 11.9 Å². The molecular weight excluding hydrogens is 222 g/mol. The second-order valence-electron chi connectivity index (χ2n) is 4.34. The molecule has 0 bridgehead atoms. The summed E-state index contributed by atoms with van der Waals surface area (Å²) in [6.45, 7) is 3.05. The molecule has 1 aromatic rings. The summed E-state index contributed by atoms with van der Waals surface area (Å²) in [6.07, 6.45) is 2.29. The van der Waals surface area contributed by atoms with E-state index in [1.165, 1.54) is 5.56 Å². The van der Waals surface area contributed by atoms with Crippen LogP contribution in [-0.4, -0.2) is 24.6 Å². The molecule has 0 amide bonds. The number of halogens is 1. The molecular formula is C13H18ClNO. The molecule has 88 valence electrons. The van der Waals surface area contributed by atoms with Gasteiger partial charge in [0.1, 0.15) is 11.9 Å². The van der Waals surface area contributed by atoms with E-state index < -0.39 is 0 Å². The van der Waals surface area contributed by atoms with Crippen molar-refractivity contribution < 1.29 is 4.74 Å². The molecule has 0 spiro atoms. The van der Waals surface area contributed by atoms with E-state index in [1.54, 1.807) is 0 Å². The zero-order valence-electron chi connectivity index (χ0n) is 9.58. The van der Waals surface area contributed by atoms with Gasteiger partial charge in [-0.15, -0.1) is 11.6 Å². The number of ether oxygens (including phenoxy) is 1. The zero-order chi connectivity index (χ0) is 11.4. The van der Waals surface area contributed by atoms with Crippen molar-refractivity contribution in [2.24, 2.45) is 0 Å². The first-order valence-corrected chi connectivity index (χ1v) is 6.37. The second kappa shape index (κ2) is 5.55. The Kier molecular flexibility index (Phi) is 4.08. The average molecular weight is 240 g/mol. The minimum absolute atomic E-state index is 0.273. The van der Waals surface area contributed by atoms with E-state index in [1.807, 2.05) is 12.1 Å². The Labute approximate surface area is 102 Å². The minimum Gasteiger partial charge on any atom is -0.488 e. The number of fused-ring (bicyclic) bond motifs is 1. The van der Waals surface area contributed by atoms with Crippen LogP contribution in [0.1, 0.15) is 18.9 Å². The molecule has 2 rings (SSSR count). The lowest BCUT2D eigenvalue weighted by atomic mass is 10.1. The van der Waals surface area contributed by atoms with E-state index in [-0.39, 0.29) is 6.10 Å². The average Bonchev–Trinajstić information content (AvgIpc) is 2.69. The lowest BCUT2D eigenvalue weighted by Gasteiger charge is -2.16. The summed E-state index contributed by atoms with van der Waals surface area (Å²) in [5, 5.41) is 3.45. The number of nitrogens with one attached hydrogen (secondary N) is 1. The van der Waals surface area contributed by atoms with Gasteiger partial charge in [-0.1, -0.05) is 18.2 Å². The molecule has 1 N–H and O–H groups in total. The molecule has 0 radical (unpaired) electrons. The molecule has 2 unspecified atom stereocenters. The maximum absolute atomic E-state index is 5.84. The first kappa shape index (κ1) is 11.7. The van der Waals surface area contributed by atoms with Gasteiger partial charge >= 0.3 is 0 Å². The number of para-hydroxylation sites is 1. The maximum atomic E-state index is 5.84. The predicted molar refractivity (Wildman–Crippen MR) is 67.4 cm³/mol. The minimum atomic E-state index is 0.273. The van der Waals surface area contributed by atoms with E-state index in [4.69, 9.17) is 16.3 Å². The van der Waals surface area contributed by atoms with Crippen LogP contribution in [0.25, 0.3) is 0 Å². The molecule has 16 heavy (non-hydrogen) atoms. The highest BCUT2D eigenvalue weighted by atomic mass is 35.5. The first-order valence-electron chi connectivity index (χ1n) is 5.83. The van der Waals surface area contributed by atoms with E-state index in [9.17, 15) is 0 Å². The maximum Gasteiger partial charge on any atom is 0.123 e. The quantitative estimate of drug-likeness (QED) is 0.798. The van der Waals surface area contributed by atoms with Gasteiger partial charge in [0.2, 0.25) is 0 Å². The molecule has 2 atom stereocenters. The fourth-order valence-corrected chi connectivity index (χ4v) is 2.29. The first-order chi connectivity index (χ1) is 7.79. The molecule has 0 aliphatic carbocycles. The number of hydrogen-bond donors (Lipinski definition) is 1. The number of hydrogen-bond acceptors (Lipinski definition) is 2. The molecule has 0 saturated heterocycles. The summed E-state index contributed by atoms with van der Waals surface area (Å²) in [6, 6.07) is 8.72. The van der Waals surface area contributed by atoms with Gasteiger partial charge in [0.15, 0.2) is 0 Å². The van der Waals surface area contributed by atoms with Crippen LogP contribution >= 0.6 is 11.6 Å². The van der Waals surface area contributed by atoms with Gasteiger partial charge in [0, 0.05) is 24.9 Å². The van der Waals surface area contributed by atoms with E-state index in [0.717, 1.165) is 25.1 Å². The summed E-state index contributed by atoms with van der Waals surface area (Å²) in [5.41, 5.74) is 1.32. The summed E-state index contributed by atoms with van der Waals surface area (Å²) >= 11 is 5.69. The fourth-order valence-electron chi connectivity index (χ4n) is 1.97. The van der Waals surface area contributed by atoms with Crippen LogP contribution in [0.4, 0.5) is 0 Å². The predicted octanol–water partition coefficient (Wildman–Crippen LogP) is 2.60. The van der Waals surface area contributed by atoms with Gasteiger partial charge in [-0.2, -0.15) is 0 Å². The monoisotopic (exact) mass is 239 g/mol. The molecule has 2 nitrogen and oxygen atoms in total. The summed E-state index contributed by atoms with van der Waals surface area (Å²) in [7, 11) is 0. The molecule has 1 heterocycles. The Morgan fingerprint density at radius 3 is 3.06 bits per heavy atom. The SMILES string of the molecule is CC(CCCl)NCC1Cc2ccccc2O1. The highest BCUT2D eigenvalue weighted by molar-refractivity contribution is 6.17. The smallest absolute Gasteiger partial charge is 0.123 e.